The maximum atomic E-state index is 10.9. The lowest BCUT2D eigenvalue weighted by atomic mass is 10.1. The van der Waals surface area contributed by atoms with E-state index in [9.17, 15) is 4.79 Å². The highest BCUT2D eigenvalue weighted by Gasteiger charge is 2.09. The molecule has 15 heavy (non-hydrogen) atoms. The minimum atomic E-state index is -0.473. The molecule has 0 aromatic rings. The highest BCUT2D eigenvalue weighted by atomic mass is 35.5. The van der Waals surface area contributed by atoms with Gasteiger partial charge in [-0.05, 0) is 12.8 Å². The van der Waals surface area contributed by atoms with E-state index in [4.69, 9.17) is 17.2 Å². The fourth-order valence-electron chi connectivity index (χ4n) is 0.836. The Morgan fingerprint density at radius 3 is 2.33 bits per heavy atom. The number of guanidine groups is 1. The number of hydrogen-bond acceptors (Lipinski definition) is 3. The number of nitrogens with one attached hydrogen (secondary N) is 1. The van der Waals surface area contributed by atoms with Crippen molar-refractivity contribution < 1.29 is 4.79 Å². The minimum Gasteiger partial charge on any atom is -0.370 e. The van der Waals surface area contributed by atoms with E-state index in [2.05, 4.69) is 10.3 Å². The lowest BCUT2D eigenvalue weighted by Gasteiger charge is -2.07. The van der Waals surface area contributed by atoms with Crippen LogP contribution in [0.25, 0.3) is 0 Å². The molecule has 0 aliphatic heterocycles. The van der Waals surface area contributed by atoms with Crippen LogP contribution in [0.2, 0.25) is 0 Å². The van der Waals surface area contributed by atoms with Gasteiger partial charge in [-0.2, -0.15) is 0 Å². The first-order chi connectivity index (χ1) is 6.07. The average molecular weight is 260 g/mol. The number of nitrogens with zero attached hydrogens (tertiary/aromatic N) is 1. The van der Waals surface area contributed by atoms with Crippen molar-refractivity contribution in [3.8, 4) is 0 Å². The highest BCUT2D eigenvalue weighted by molar-refractivity contribution is 5.85. The van der Waals surface area contributed by atoms with Crippen LogP contribution in [0, 0.1) is 0 Å². The third kappa shape index (κ3) is 11.2. The van der Waals surface area contributed by atoms with E-state index in [0.29, 0.717) is 19.4 Å². The Balaban J connectivity index is -0.000000720. The molecule has 0 spiro atoms. The summed E-state index contributed by atoms with van der Waals surface area (Å²) in [5.41, 5.74) is 15.7. The van der Waals surface area contributed by atoms with Gasteiger partial charge in [-0.25, -0.2) is 0 Å². The van der Waals surface area contributed by atoms with Crippen molar-refractivity contribution in [2.24, 2.45) is 22.2 Å². The van der Waals surface area contributed by atoms with Gasteiger partial charge in [-0.15, -0.1) is 24.8 Å². The van der Waals surface area contributed by atoms with Crippen LogP contribution in [0.4, 0.5) is 0 Å². The Hall–Kier alpha value is -0.720. The second kappa shape index (κ2) is 11.4. The van der Waals surface area contributed by atoms with Crippen LogP contribution in [-0.2, 0) is 4.79 Å². The Morgan fingerprint density at radius 2 is 1.93 bits per heavy atom. The molecule has 0 aliphatic rings. The molecule has 0 saturated carbocycles. The van der Waals surface area contributed by atoms with Crippen molar-refractivity contribution in [1.82, 2.24) is 5.32 Å². The molecule has 8 heteroatoms. The number of hydrogen-bond donors (Lipinski definition) is 4. The molecule has 6 nitrogen and oxygen atoms in total. The molecule has 0 radical (unpaired) electrons. The van der Waals surface area contributed by atoms with Gasteiger partial charge in [0.2, 0.25) is 5.91 Å². The first-order valence-corrected chi connectivity index (χ1v) is 4.10. The van der Waals surface area contributed by atoms with E-state index in [1.54, 1.807) is 7.05 Å². The maximum absolute atomic E-state index is 10.9. The predicted octanol–water partition coefficient (Wildman–Crippen LogP) is -1.04. The topological polar surface area (TPSA) is 120 Å². The van der Waals surface area contributed by atoms with Crippen molar-refractivity contribution in [2.75, 3.05) is 13.6 Å². The molecule has 0 rings (SSSR count). The third-order valence-corrected chi connectivity index (χ3v) is 1.55. The van der Waals surface area contributed by atoms with Crippen molar-refractivity contribution >= 4 is 36.7 Å². The molecule has 0 fully saturated rings. The number of nitrogens with two attached hydrogens (primary N) is 3. The van der Waals surface area contributed by atoms with E-state index >= 15 is 0 Å². The minimum absolute atomic E-state index is 0. The summed E-state index contributed by atoms with van der Waals surface area (Å²) >= 11 is 0. The molecular weight excluding hydrogens is 241 g/mol. The summed E-state index contributed by atoms with van der Waals surface area (Å²) < 4.78 is 0. The van der Waals surface area contributed by atoms with E-state index in [1.165, 1.54) is 0 Å². The second-order valence-electron chi connectivity index (χ2n) is 2.67. The predicted molar refractivity (Wildman–Crippen MR) is 66.4 cm³/mol. The zero-order valence-corrected chi connectivity index (χ0v) is 10.2. The normalized spacial score (nSPS) is 10.3. The largest absolute Gasteiger partial charge is 0.370 e. The monoisotopic (exact) mass is 259 g/mol. The van der Waals surface area contributed by atoms with Crippen molar-refractivity contribution in [3.05, 3.63) is 0 Å². The molecule has 1 amide bonds. The van der Waals surface area contributed by atoms with Crippen LogP contribution in [0.15, 0.2) is 4.99 Å². The standard InChI is InChI=1S/C7H17N5O.2ClH/c1-11-6(13)5(8)3-2-4-12-7(9)10;;/h5H,2-4,8H2,1H3,(H,11,13)(H4,9,10,12);2*1H. The summed E-state index contributed by atoms with van der Waals surface area (Å²) in [6.07, 6.45) is 1.28. The van der Waals surface area contributed by atoms with Crippen LogP contribution >= 0.6 is 24.8 Å². The fraction of sp³-hybridized carbons (Fsp3) is 0.714. The molecule has 0 aromatic carbocycles. The van der Waals surface area contributed by atoms with Gasteiger partial charge >= 0.3 is 0 Å². The van der Waals surface area contributed by atoms with Crippen LogP contribution in [0.1, 0.15) is 12.8 Å². The van der Waals surface area contributed by atoms with E-state index in [-0.39, 0.29) is 36.7 Å². The molecule has 0 bridgehead atoms. The lowest BCUT2D eigenvalue weighted by Crippen LogP contribution is -2.38. The number of likely N-dealkylation sites (N-methyl/N-ethyl adjacent to an activating group) is 1. The quantitative estimate of drug-likeness (QED) is 0.286. The molecular formula is C7H19Cl2N5O. The van der Waals surface area contributed by atoms with E-state index < -0.39 is 6.04 Å². The summed E-state index contributed by atoms with van der Waals surface area (Å²) in [6, 6.07) is -0.473. The zero-order valence-electron chi connectivity index (χ0n) is 8.60. The van der Waals surface area contributed by atoms with E-state index in [0.717, 1.165) is 0 Å². The molecule has 7 N–H and O–H groups in total. The van der Waals surface area contributed by atoms with Crippen molar-refractivity contribution in [2.45, 2.75) is 18.9 Å². The summed E-state index contributed by atoms with van der Waals surface area (Å²) in [6.45, 7) is 0.507. The van der Waals surface area contributed by atoms with Gasteiger partial charge in [-0.1, -0.05) is 0 Å². The average Bonchev–Trinajstić information content (AvgIpc) is 2.10. The lowest BCUT2D eigenvalue weighted by molar-refractivity contribution is -0.122. The first-order valence-electron chi connectivity index (χ1n) is 4.10. The molecule has 0 heterocycles. The highest BCUT2D eigenvalue weighted by Crippen LogP contribution is 1.94. The van der Waals surface area contributed by atoms with Gasteiger partial charge in [0.25, 0.3) is 0 Å². The summed E-state index contributed by atoms with van der Waals surface area (Å²) in [4.78, 5) is 14.7. The summed E-state index contributed by atoms with van der Waals surface area (Å²) in [5.74, 6) is -0.0989. The SMILES string of the molecule is CNC(=O)C(N)CCCN=C(N)N.Cl.Cl. The summed E-state index contributed by atoms with van der Waals surface area (Å²) in [7, 11) is 1.55. The molecule has 1 atom stereocenters. The summed E-state index contributed by atoms with van der Waals surface area (Å²) in [5, 5.41) is 2.47. The van der Waals surface area contributed by atoms with Crippen LogP contribution in [-0.4, -0.2) is 31.5 Å². The van der Waals surface area contributed by atoms with Crippen molar-refractivity contribution in [1.29, 1.82) is 0 Å². The van der Waals surface area contributed by atoms with Gasteiger partial charge in [0.1, 0.15) is 0 Å². The van der Waals surface area contributed by atoms with Crippen LogP contribution in [0.5, 0.6) is 0 Å². The number of rotatable bonds is 5. The second-order valence-corrected chi connectivity index (χ2v) is 2.67. The van der Waals surface area contributed by atoms with Crippen LogP contribution in [0.3, 0.4) is 0 Å². The van der Waals surface area contributed by atoms with E-state index in [1.807, 2.05) is 0 Å². The Labute approximate surface area is 102 Å². The van der Waals surface area contributed by atoms with Gasteiger partial charge in [0.05, 0.1) is 6.04 Å². The molecule has 92 valence electrons. The number of aliphatic imine (C=N–C) groups is 1. The zero-order chi connectivity index (χ0) is 10.3. The Bertz CT molecular complexity index is 196. The van der Waals surface area contributed by atoms with Crippen molar-refractivity contribution in [3.63, 3.8) is 0 Å². The number of carbonyl (C=O) groups is 1. The van der Waals surface area contributed by atoms with Gasteiger partial charge < -0.3 is 22.5 Å². The maximum Gasteiger partial charge on any atom is 0.236 e. The Kier molecular flexibility index (Phi) is 15.0. The van der Waals surface area contributed by atoms with Gasteiger partial charge in [0.15, 0.2) is 5.96 Å². The fourth-order valence-corrected chi connectivity index (χ4v) is 0.836. The molecule has 0 aromatic heterocycles. The Morgan fingerprint density at radius 1 is 1.40 bits per heavy atom. The third-order valence-electron chi connectivity index (χ3n) is 1.55. The first kappa shape index (κ1) is 19.8. The van der Waals surface area contributed by atoms with Crippen LogP contribution < -0.4 is 22.5 Å². The smallest absolute Gasteiger partial charge is 0.236 e. The van der Waals surface area contributed by atoms with Gasteiger partial charge in [0, 0.05) is 13.6 Å². The molecule has 1 unspecified atom stereocenters. The van der Waals surface area contributed by atoms with Gasteiger partial charge in [-0.3, -0.25) is 9.79 Å². The molecule has 0 aliphatic carbocycles. The molecule has 0 saturated heterocycles. The number of amides is 1. The number of halogens is 2. The number of carbonyl (C=O) groups excluding carboxylic acids is 1.